The number of halogens is 1. The van der Waals surface area contributed by atoms with Crippen LogP contribution in [0.3, 0.4) is 0 Å². The Labute approximate surface area is 118 Å². The van der Waals surface area contributed by atoms with Gasteiger partial charge in [-0.1, -0.05) is 26.7 Å². The smallest absolute Gasteiger partial charge is 0.228 e. The zero-order valence-electron chi connectivity index (χ0n) is 12.3. The summed E-state index contributed by atoms with van der Waals surface area (Å²) < 4.78 is 0. The highest BCUT2D eigenvalue weighted by molar-refractivity contribution is 5.85. The molecule has 0 radical (unpaired) electrons. The van der Waals surface area contributed by atoms with Crippen LogP contribution in [0.25, 0.3) is 0 Å². The van der Waals surface area contributed by atoms with Gasteiger partial charge in [0.15, 0.2) is 0 Å². The molecule has 0 aromatic rings. The van der Waals surface area contributed by atoms with Gasteiger partial charge in [0.2, 0.25) is 5.91 Å². The van der Waals surface area contributed by atoms with Crippen molar-refractivity contribution in [1.29, 1.82) is 0 Å². The molecule has 1 N–H and O–H groups in total. The molecule has 1 saturated carbocycles. The van der Waals surface area contributed by atoms with Crippen molar-refractivity contribution in [2.45, 2.75) is 46.0 Å². The molecule has 1 amide bonds. The number of hydrogen-bond acceptors (Lipinski definition) is 2. The van der Waals surface area contributed by atoms with Crippen molar-refractivity contribution in [2.24, 2.45) is 11.3 Å². The quantitative estimate of drug-likeness (QED) is 0.809. The first-order valence-corrected chi connectivity index (χ1v) is 6.92. The van der Waals surface area contributed by atoms with Crippen molar-refractivity contribution in [2.75, 3.05) is 27.2 Å². The number of nitrogens with one attached hydrogen (secondary N) is 1. The summed E-state index contributed by atoms with van der Waals surface area (Å²) >= 11 is 0. The van der Waals surface area contributed by atoms with E-state index in [1.54, 1.807) is 0 Å². The Morgan fingerprint density at radius 3 is 2.33 bits per heavy atom. The lowest BCUT2D eigenvalue weighted by Gasteiger charge is -2.33. The van der Waals surface area contributed by atoms with Gasteiger partial charge in [0.25, 0.3) is 0 Å². The molecule has 0 saturated heterocycles. The monoisotopic (exact) mass is 276 g/mol. The molecule has 0 atom stereocenters. The first kappa shape index (κ1) is 17.7. The summed E-state index contributed by atoms with van der Waals surface area (Å²) in [6.45, 7) is 6.14. The summed E-state index contributed by atoms with van der Waals surface area (Å²) in [4.78, 5) is 14.5. The fraction of sp³-hybridized carbons (Fsp3) is 0.929. The number of likely N-dealkylation sites (N-methyl/N-ethyl adjacent to an activating group) is 2. The van der Waals surface area contributed by atoms with Crippen molar-refractivity contribution in [3.8, 4) is 0 Å². The number of rotatable bonds is 6. The second-order valence-electron chi connectivity index (χ2n) is 5.92. The van der Waals surface area contributed by atoms with Gasteiger partial charge < -0.3 is 10.2 Å². The molecule has 3 nitrogen and oxygen atoms in total. The van der Waals surface area contributed by atoms with Crippen LogP contribution in [0.2, 0.25) is 0 Å². The first-order valence-electron chi connectivity index (χ1n) is 6.92. The lowest BCUT2D eigenvalue weighted by atomic mass is 9.77. The standard InChI is InChI=1S/C14H28N2O.ClH/c1-12(2)11-14(7-5-6-8-14)13(17)16(4)10-9-15-3;/h12,15H,5-11H2,1-4H3;1H. The maximum absolute atomic E-state index is 12.6. The maximum Gasteiger partial charge on any atom is 0.228 e. The molecule has 18 heavy (non-hydrogen) atoms. The third kappa shape index (κ3) is 4.43. The Bertz CT molecular complexity index is 250. The summed E-state index contributed by atoms with van der Waals surface area (Å²) in [5.74, 6) is 0.980. The van der Waals surface area contributed by atoms with Crippen LogP contribution in [0.5, 0.6) is 0 Å². The van der Waals surface area contributed by atoms with Gasteiger partial charge in [-0.2, -0.15) is 0 Å². The molecule has 0 aliphatic heterocycles. The summed E-state index contributed by atoms with van der Waals surface area (Å²) in [6.07, 6.45) is 5.67. The highest BCUT2D eigenvalue weighted by atomic mass is 35.5. The van der Waals surface area contributed by atoms with E-state index in [0.717, 1.165) is 32.4 Å². The molecule has 108 valence electrons. The van der Waals surface area contributed by atoms with Crippen LogP contribution in [0, 0.1) is 11.3 Å². The van der Waals surface area contributed by atoms with E-state index in [2.05, 4.69) is 19.2 Å². The Morgan fingerprint density at radius 2 is 1.89 bits per heavy atom. The van der Waals surface area contributed by atoms with Crippen LogP contribution in [-0.2, 0) is 4.79 Å². The molecule has 0 spiro atoms. The largest absolute Gasteiger partial charge is 0.344 e. The molecule has 1 rings (SSSR count). The van der Waals surface area contributed by atoms with Crippen molar-refractivity contribution >= 4 is 18.3 Å². The van der Waals surface area contributed by atoms with Gasteiger partial charge in [0.05, 0.1) is 0 Å². The molecule has 1 aliphatic carbocycles. The minimum Gasteiger partial charge on any atom is -0.344 e. The van der Waals surface area contributed by atoms with Crippen molar-refractivity contribution in [3.63, 3.8) is 0 Å². The van der Waals surface area contributed by atoms with Gasteiger partial charge in [-0.3, -0.25) is 4.79 Å². The van der Waals surface area contributed by atoms with E-state index in [1.807, 2.05) is 19.0 Å². The van der Waals surface area contributed by atoms with Gasteiger partial charge in [-0.05, 0) is 32.2 Å². The van der Waals surface area contributed by atoms with Gasteiger partial charge in [0.1, 0.15) is 0 Å². The topological polar surface area (TPSA) is 32.3 Å². The molecule has 1 aliphatic rings. The molecule has 0 unspecified atom stereocenters. The number of hydrogen-bond donors (Lipinski definition) is 1. The van der Waals surface area contributed by atoms with E-state index in [1.165, 1.54) is 12.8 Å². The molecule has 4 heteroatoms. The van der Waals surface area contributed by atoms with Crippen molar-refractivity contribution in [3.05, 3.63) is 0 Å². The van der Waals surface area contributed by atoms with E-state index in [4.69, 9.17) is 0 Å². The highest BCUT2D eigenvalue weighted by Crippen LogP contribution is 2.44. The third-order valence-electron chi connectivity index (χ3n) is 3.86. The Balaban J connectivity index is 0.00000289. The van der Waals surface area contributed by atoms with Gasteiger partial charge >= 0.3 is 0 Å². The zero-order valence-corrected chi connectivity index (χ0v) is 13.1. The van der Waals surface area contributed by atoms with Crippen LogP contribution in [0.15, 0.2) is 0 Å². The normalized spacial score (nSPS) is 17.6. The van der Waals surface area contributed by atoms with Crippen LogP contribution in [-0.4, -0.2) is 38.0 Å². The summed E-state index contributed by atoms with van der Waals surface area (Å²) in [5.41, 5.74) is -0.0450. The summed E-state index contributed by atoms with van der Waals surface area (Å²) in [7, 11) is 3.87. The summed E-state index contributed by atoms with van der Waals surface area (Å²) in [6, 6.07) is 0. The van der Waals surface area contributed by atoms with Gasteiger partial charge in [-0.15, -0.1) is 12.4 Å². The average molecular weight is 277 g/mol. The second-order valence-corrected chi connectivity index (χ2v) is 5.92. The molecular weight excluding hydrogens is 248 g/mol. The Morgan fingerprint density at radius 1 is 1.33 bits per heavy atom. The molecule has 0 heterocycles. The highest BCUT2D eigenvalue weighted by Gasteiger charge is 2.42. The van der Waals surface area contributed by atoms with Crippen molar-refractivity contribution < 1.29 is 4.79 Å². The zero-order chi connectivity index (χ0) is 12.9. The van der Waals surface area contributed by atoms with E-state index < -0.39 is 0 Å². The third-order valence-corrected chi connectivity index (χ3v) is 3.86. The first-order chi connectivity index (χ1) is 8.02. The van der Waals surface area contributed by atoms with Crippen LogP contribution in [0.1, 0.15) is 46.0 Å². The van der Waals surface area contributed by atoms with E-state index in [-0.39, 0.29) is 17.8 Å². The fourth-order valence-electron chi connectivity index (χ4n) is 3.12. The van der Waals surface area contributed by atoms with Gasteiger partial charge in [-0.25, -0.2) is 0 Å². The Hall–Kier alpha value is -0.280. The minimum atomic E-state index is -0.0450. The number of carbonyl (C=O) groups excluding carboxylic acids is 1. The number of nitrogens with zero attached hydrogens (tertiary/aromatic N) is 1. The molecule has 0 aromatic heterocycles. The molecule has 0 aromatic carbocycles. The lowest BCUT2D eigenvalue weighted by molar-refractivity contribution is -0.141. The maximum atomic E-state index is 12.6. The second kappa shape index (κ2) is 8.00. The van der Waals surface area contributed by atoms with E-state index >= 15 is 0 Å². The number of carbonyl (C=O) groups is 1. The average Bonchev–Trinajstić information content (AvgIpc) is 2.73. The van der Waals surface area contributed by atoms with E-state index in [9.17, 15) is 4.79 Å². The minimum absolute atomic E-state index is 0. The van der Waals surface area contributed by atoms with Crippen LogP contribution in [0.4, 0.5) is 0 Å². The molecular formula is C14H29ClN2O. The summed E-state index contributed by atoms with van der Waals surface area (Å²) in [5, 5.41) is 3.10. The predicted molar refractivity (Wildman–Crippen MR) is 79.2 cm³/mol. The lowest BCUT2D eigenvalue weighted by Crippen LogP contribution is -2.43. The molecule has 1 fully saturated rings. The SMILES string of the molecule is CNCCN(C)C(=O)C1(CC(C)C)CCCC1.Cl. The fourth-order valence-corrected chi connectivity index (χ4v) is 3.12. The van der Waals surface area contributed by atoms with E-state index in [0.29, 0.717) is 11.8 Å². The predicted octanol–water partition coefficient (Wildman–Crippen LogP) is 2.69. The van der Waals surface area contributed by atoms with Crippen molar-refractivity contribution in [1.82, 2.24) is 10.2 Å². The number of amides is 1. The van der Waals surface area contributed by atoms with Crippen LogP contribution >= 0.6 is 12.4 Å². The van der Waals surface area contributed by atoms with Gasteiger partial charge in [0, 0.05) is 25.6 Å². The molecule has 0 bridgehead atoms. The van der Waals surface area contributed by atoms with Crippen LogP contribution < -0.4 is 5.32 Å². The Kier molecular flexibility index (Phi) is 7.88.